The Hall–Kier alpha value is -1.98. The van der Waals surface area contributed by atoms with Crippen LogP contribution in [-0.2, 0) is 21.0 Å². The number of hydrogen-bond acceptors (Lipinski definition) is 5. The van der Waals surface area contributed by atoms with Crippen molar-refractivity contribution in [1.29, 1.82) is 0 Å². The molecule has 1 amide bonds. The van der Waals surface area contributed by atoms with E-state index in [2.05, 4.69) is 10.3 Å². The molecule has 12 heteroatoms. The van der Waals surface area contributed by atoms with Crippen LogP contribution in [0, 0.1) is 0 Å². The summed E-state index contributed by atoms with van der Waals surface area (Å²) >= 11 is 6.96. The number of aromatic nitrogens is 1. The van der Waals surface area contributed by atoms with Crippen LogP contribution in [0.25, 0.3) is 0 Å². The number of pyridine rings is 1. The molecule has 158 valence electrons. The van der Waals surface area contributed by atoms with Gasteiger partial charge in [0, 0.05) is 18.5 Å². The minimum atomic E-state index is -4.76. The summed E-state index contributed by atoms with van der Waals surface area (Å²) in [6.45, 7) is -0.432. The number of sulfonamides is 1. The number of alkyl halides is 3. The lowest BCUT2D eigenvalue weighted by molar-refractivity contribution is -0.137. The highest BCUT2D eigenvalue weighted by molar-refractivity contribution is 7.99. The summed E-state index contributed by atoms with van der Waals surface area (Å²) in [4.78, 5) is 16.3. The van der Waals surface area contributed by atoms with Crippen molar-refractivity contribution in [2.45, 2.75) is 11.2 Å². The van der Waals surface area contributed by atoms with Gasteiger partial charge in [-0.15, -0.1) is 11.8 Å². The number of benzene rings is 1. The van der Waals surface area contributed by atoms with Crippen LogP contribution < -0.4 is 9.62 Å². The molecule has 2 aromatic rings. The van der Waals surface area contributed by atoms with Crippen molar-refractivity contribution in [2.24, 2.45) is 0 Å². The summed E-state index contributed by atoms with van der Waals surface area (Å²) in [6.07, 6.45) is -2.33. The van der Waals surface area contributed by atoms with Crippen LogP contribution in [0.4, 0.5) is 18.9 Å². The predicted octanol–water partition coefficient (Wildman–Crippen LogP) is 3.43. The Kier molecular flexibility index (Phi) is 7.78. The van der Waals surface area contributed by atoms with Crippen molar-refractivity contribution >= 4 is 45.0 Å². The minimum Gasteiger partial charge on any atom is -0.354 e. The molecule has 0 radical (unpaired) electrons. The van der Waals surface area contributed by atoms with Gasteiger partial charge in [0.25, 0.3) is 0 Å². The SMILES string of the molecule is CS(=O)(=O)N(CC(=O)NCCSc1ccccn1)c1ccc(Cl)c(C(F)(F)F)c1. The number of carbonyl (C=O) groups excluding carboxylic acids is 1. The molecule has 1 heterocycles. The van der Waals surface area contributed by atoms with Crippen LogP contribution in [0.15, 0.2) is 47.6 Å². The average Bonchev–Trinajstić information content (AvgIpc) is 2.63. The highest BCUT2D eigenvalue weighted by Gasteiger charge is 2.34. The van der Waals surface area contributed by atoms with Gasteiger partial charge in [-0.25, -0.2) is 13.4 Å². The molecule has 0 atom stereocenters. The lowest BCUT2D eigenvalue weighted by Gasteiger charge is -2.23. The van der Waals surface area contributed by atoms with E-state index in [9.17, 15) is 26.4 Å². The number of carbonyl (C=O) groups is 1. The third kappa shape index (κ3) is 7.09. The molecule has 0 bridgehead atoms. The van der Waals surface area contributed by atoms with Gasteiger partial charge >= 0.3 is 6.18 Å². The van der Waals surface area contributed by atoms with Crippen molar-refractivity contribution < 1.29 is 26.4 Å². The number of anilines is 1. The number of nitrogens with zero attached hydrogens (tertiary/aromatic N) is 2. The molecule has 0 aliphatic heterocycles. The Morgan fingerprint density at radius 3 is 2.59 bits per heavy atom. The normalized spacial score (nSPS) is 11.9. The van der Waals surface area contributed by atoms with Crippen LogP contribution in [0.2, 0.25) is 5.02 Å². The van der Waals surface area contributed by atoms with E-state index < -0.39 is 39.2 Å². The molecule has 0 fully saturated rings. The zero-order valence-electron chi connectivity index (χ0n) is 15.1. The smallest absolute Gasteiger partial charge is 0.354 e. The number of nitrogens with one attached hydrogen (secondary N) is 1. The van der Waals surface area contributed by atoms with Gasteiger partial charge in [0.15, 0.2) is 0 Å². The van der Waals surface area contributed by atoms with Crippen LogP contribution in [0.3, 0.4) is 0 Å². The van der Waals surface area contributed by atoms with Crippen molar-refractivity contribution in [3.8, 4) is 0 Å². The van der Waals surface area contributed by atoms with Crippen molar-refractivity contribution in [3.05, 3.63) is 53.2 Å². The highest BCUT2D eigenvalue weighted by atomic mass is 35.5. The van der Waals surface area contributed by atoms with Gasteiger partial charge in [-0.3, -0.25) is 9.10 Å². The Labute approximate surface area is 175 Å². The third-order valence-corrected chi connectivity index (χ3v) is 5.96. The Morgan fingerprint density at radius 1 is 1.28 bits per heavy atom. The fourth-order valence-electron chi connectivity index (χ4n) is 2.25. The molecule has 0 unspecified atom stereocenters. The second kappa shape index (κ2) is 9.68. The number of rotatable bonds is 8. The van der Waals surface area contributed by atoms with Gasteiger partial charge in [-0.05, 0) is 30.3 Å². The van der Waals surface area contributed by atoms with Gasteiger partial charge in [0.2, 0.25) is 15.9 Å². The summed E-state index contributed by atoms with van der Waals surface area (Å²) in [5.74, 6) is -0.165. The maximum Gasteiger partial charge on any atom is 0.417 e. The maximum absolute atomic E-state index is 13.1. The first-order chi connectivity index (χ1) is 13.5. The lowest BCUT2D eigenvalue weighted by Crippen LogP contribution is -2.41. The Bertz CT molecular complexity index is 957. The molecule has 29 heavy (non-hydrogen) atoms. The molecule has 2 rings (SSSR count). The van der Waals surface area contributed by atoms with Crippen molar-refractivity contribution in [3.63, 3.8) is 0 Å². The summed E-state index contributed by atoms with van der Waals surface area (Å²) < 4.78 is 63.9. The molecule has 6 nitrogen and oxygen atoms in total. The number of thioether (sulfide) groups is 1. The quantitative estimate of drug-likeness (QED) is 0.475. The molecule has 0 spiro atoms. The maximum atomic E-state index is 13.1. The highest BCUT2D eigenvalue weighted by Crippen LogP contribution is 2.37. The topological polar surface area (TPSA) is 79.4 Å². The van der Waals surface area contributed by atoms with Gasteiger partial charge in [-0.1, -0.05) is 17.7 Å². The van der Waals surface area contributed by atoms with E-state index in [1.807, 2.05) is 6.07 Å². The van der Waals surface area contributed by atoms with Crippen LogP contribution in [0.1, 0.15) is 5.56 Å². The molecular weight excluding hydrogens is 451 g/mol. The van der Waals surface area contributed by atoms with Gasteiger partial charge in [0.05, 0.1) is 27.6 Å². The first-order valence-corrected chi connectivity index (χ1v) is 11.3. The first-order valence-electron chi connectivity index (χ1n) is 8.13. The van der Waals surface area contributed by atoms with E-state index >= 15 is 0 Å². The second-order valence-corrected chi connectivity index (χ2v) is 9.23. The van der Waals surface area contributed by atoms with E-state index in [1.165, 1.54) is 11.8 Å². The summed E-state index contributed by atoms with van der Waals surface area (Å²) in [5.41, 5.74) is -1.49. The van der Waals surface area contributed by atoms with E-state index in [-0.39, 0.29) is 12.2 Å². The second-order valence-electron chi connectivity index (χ2n) is 5.80. The zero-order chi connectivity index (χ0) is 21.7. The molecule has 0 saturated heterocycles. The largest absolute Gasteiger partial charge is 0.417 e. The van der Waals surface area contributed by atoms with Crippen molar-refractivity contribution in [1.82, 2.24) is 10.3 Å². The molecule has 1 aromatic carbocycles. The van der Waals surface area contributed by atoms with Crippen LogP contribution in [0.5, 0.6) is 0 Å². The van der Waals surface area contributed by atoms with E-state index in [0.717, 1.165) is 23.4 Å². The fraction of sp³-hybridized carbons (Fsp3) is 0.294. The minimum absolute atomic E-state index is 0.228. The molecule has 0 aliphatic rings. The van der Waals surface area contributed by atoms with Crippen molar-refractivity contribution in [2.75, 3.05) is 29.4 Å². The third-order valence-electron chi connectivity index (χ3n) is 3.54. The predicted molar refractivity (Wildman–Crippen MR) is 107 cm³/mol. The monoisotopic (exact) mass is 467 g/mol. The van der Waals surface area contributed by atoms with E-state index in [0.29, 0.717) is 16.1 Å². The standard InChI is InChI=1S/C17H17ClF3N3O3S2/c1-29(26,27)24(12-5-6-14(18)13(10-12)17(19,20)21)11-15(25)22-8-9-28-16-4-2-3-7-23-16/h2-7,10H,8-9,11H2,1H3,(H,22,25). The fourth-order valence-corrected chi connectivity index (χ4v) is 4.05. The molecule has 0 aliphatic carbocycles. The molecular formula is C17H17ClF3N3O3S2. The number of amides is 1. The van der Waals surface area contributed by atoms with Gasteiger partial charge in [-0.2, -0.15) is 13.2 Å². The van der Waals surface area contributed by atoms with Gasteiger partial charge in [0.1, 0.15) is 6.54 Å². The summed E-state index contributed by atoms with van der Waals surface area (Å²) in [7, 11) is -4.01. The summed E-state index contributed by atoms with van der Waals surface area (Å²) in [6, 6.07) is 8.05. The van der Waals surface area contributed by atoms with E-state index in [4.69, 9.17) is 11.6 Å². The van der Waals surface area contributed by atoms with Gasteiger partial charge < -0.3 is 5.32 Å². The molecule has 0 saturated carbocycles. The molecule has 1 aromatic heterocycles. The average molecular weight is 468 g/mol. The van der Waals surface area contributed by atoms with E-state index in [1.54, 1.807) is 18.3 Å². The Morgan fingerprint density at radius 2 is 2.00 bits per heavy atom. The van der Waals surface area contributed by atoms with Crippen LogP contribution in [-0.4, -0.2) is 44.4 Å². The zero-order valence-corrected chi connectivity index (χ0v) is 17.5. The number of hydrogen-bond donors (Lipinski definition) is 1. The Balaban J connectivity index is 2.05. The first kappa shape index (κ1) is 23.3. The summed E-state index contributed by atoms with van der Waals surface area (Å²) in [5, 5.41) is 2.74. The lowest BCUT2D eigenvalue weighted by atomic mass is 10.2. The molecule has 1 N–H and O–H groups in total. The number of halogens is 4. The van der Waals surface area contributed by atoms with Crippen LogP contribution >= 0.6 is 23.4 Å².